The molecule has 1 aliphatic rings. The van der Waals surface area contributed by atoms with Crippen LogP contribution in [0.15, 0.2) is 24.4 Å². The maximum absolute atomic E-state index is 12.3. The second-order valence-corrected chi connectivity index (χ2v) is 5.90. The second-order valence-electron chi connectivity index (χ2n) is 4.72. The molecule has 0 radical (unpaired) electrons. The molecule has 6 nitrogen and oxygen atoms in total. The number of rotatable bonds is 3. The number of amides is 1. The van der Waals surface area contributed by atoms with E-state index in [2.05, 4.69) is 20.5 Å². The van der Waals surface area contributed by atoms with Crippen LogP contribution in [0.5, 0.6) is 0 Å². The SMILES string of the molecule is Cc1nnc(NC2CCN(C(=O)c3ccccn3)C2)s1. The molecule has 104 valence electrons. The first-order chi connectivity index (χ1) is 9.72. The number of carbonyl (C=O) groups is 1. The van der Waals surface area contributed by atoms with Gasteiger partial charge in [-0.3, -0.25) is 9.78 Å². The lowest BCUT2D eigenvalue weighted by atomic mass is 10.3. The number of likely N-dealkylation sites (tertiary alicyclic amines) is 1. The standard InChI is InChI=1S/C13H15N5OS/c1-9-16-17-13(20-9)15-10-5-7-18(8-10)12(19)11-4-2-3-6-14-11/h2-4,6,10H,5,7-8H2,1H3,(H,15,17). The van der Waals surface area contributed by atoms with E-state index in [1.54, 1.807) is 12.3 Å². The maximum Gasteiger partial charge on any atom is 0.272 e. The Balaban J connectivity index is 1.61. The zero-order valence-electron chi connectivity index (χ0n) is 11.1. The fraction of sp³-hybridized carbons (Fsp3) is 0.385. The molecule has 3 rings (SSSR count). The van der Waals surface area contributed by atoms with Gasteiger partial charge in [0, 0.05) is 25.3 Å². The predicted octanol–water partition coefficient (Wildman–Crippen LogP) is 1.57. The minimum atomic E-state index is -0.0108. The largest absolute Gasteiger partial charge is 0.355 e. The van der Waals surface area contributed by atoms with Crippen LogP contribution in [-0.2, 0) is 0 Å². The van der Waals surface area contributed by atoms with Crippen LogP contribution in [0.1, 0.15) is 21.9 Å². The summed E-state index contributed by atoms with van der Waals surface area (Å²) in [5, 5.41) is 13.1. The van der Waals surface area contributed by atoms with E-state index in [0.29, 0.717) is 12.2 Å². The second kappa shape index (κ2) is 5.54. The van der Waals surface area contributed by atoms with Crippen LogP contribution in [0.2, 0.25) is 0 Å². The minimum absolute atomic E-state index is 0.0108. The van der Waals surface area contributed by atoms with E-state index >= 15 is 0 Å². The van der Waals surface area contributed by atoms with Gasteiger partial charge in [0.25, 0.3) is 5.91 Å². The summed E-state index contributed by atoms with van der Waals surface area (Å²) in [4.78, 5) is 18.2. The van der Waals surface area contributed by atoms with E-state index in [-0.39, 0.29) is 11.9 Å². The molecule has 0 bridgehead atoms. The van der Waals surface area contributed by atoms with Gasteiger partial charge < -0.3 is 10.2 Å². The van der Waals surface area contributed by atoms with Gasteiger partial charge >= 0.3 is 0 Å². The van der Waals surface area contributed by atoms with Crippen LogP contribution in [0.4, 0.5) is 5.13 Å². The molecule has 0 aliphatic carbocycles. The fourth-order valence-corrected chi connectivity index (χ4v) is 2.91. The van der Waals surface area contributed by atoms with Gasteiger partial charge in [-0.1, -0.05) is 17.4 Å². The number of hydrogen-bond donors (Lipinski definition) is 1. The Labute approximate surface area is 120 Å². The van der Waals surface area contributed by atoms with Crippen molar-refractivity contribution in [3.8, 4) is 0 Å². The van der Waals surface area contributed by atoms with Gasteiger partial charge in [0.15, 0.2) is 0 Å². The van der Waals surface area contributed by atoms with Gasteiger partial charge in [0.2, 0.25) is 5.13 Å². The summed E-state index contributed by atoms with van der Waals surface area (Å²) < 4.78 is 0. The highest BCUT2D eigenvalue weighted by atomic mass is 32.1. The minimum Gasteiger partial charge on any atom is -0.355 e. The molecule has 1 N–H and O–H groups in total. The van der Waals surface area contributed by atoms with Gasteiger partial charge in [-0.25, -0.2) is 0 Å². The molecule has 0 aromatic carbocycles. The number of pyridine rings is 1. The third-order valence-corrected chi connectivity index (χ3v) is 3.98. The zero-order chi connectivity index (χ0) is 13.9. The van der Waals surface area contributed by atoms with Crippen molar-refractivity contribution in [2.45, 2.75) is 19.4 Å². The van der Waals surface area contributed by atoms with Gasteiger partial charge in [-0.05, 0) is 25.5 Å². The van der Waals surface area contributed by atoms with E-state index in [0.717, 1.165) is 23.1 Å². The van der Waals surface area contributed by atoms with Crippen LogP contribution < -0.4 is 5.32 Å². The predicted molar refractivity (Wildman–Crippen MR) is 76.8 cm³/mol. The molecule has 1 unspecified atom stereocenters. The summed E-state index contributed by atoms with van der Waals surface area (Å²) in [6.07, 6.45) is 2.56. The number of carbonyl (C=O) groups excluding carboxylic acids is 1. The lowest BCUT2D eigenvalue weighted by Gasteiger charge is -2.16. The molecular weight excluding hydrogens is 274 g/mol. The van der Waals surface area contributed by atoms with Gasteiger partial charge in [-0.2, -0.15) is 0 Å². The summed E-state index contributed by atoms with van der Waals surface area (Å²) >= 11 is 1.53. The quantitative estimate of drug-likeness (QED) is 0.928. The van der Waals surface area contributed by atoms with Crippen molar-refractivity contribution in [3.05, 3.63) is 35.1 Å². The highest BCUT2D eigenvalue weighted by Gasteiger charge is 2.27. The molecule has 1 amide bonds. The van der Waals surface area contributed by atoms with Crippen molar-refractivity contribution >= 4 is 22.4 Å². The van der Waals surface area contributed by atoms with Crippen LogP contribution in [0.25, 0.3) is 0 Å². The number of nitrogens with zero attached hydrogens (tertiary/aromatic N) is 4. The van der Waals surface area contributed by atoms with E-state index in [4.69, 9.17) is 0 Å². The molecule has 0 saturated carbocycles. The Morgan fingerprint density at radius 1 is 1.45 bits per heavy atom. The van der Waals surface area contributed by atoms with Gasteiger partial charge in [-0.15, -0.1) is 10.2 Å². The first kappa shape index (κ1) is 13.0. The third-order valence-electron chi connectivity index (χ3n) is 3.21. The highest BCUT2D eigenvalue weighted by molar-refractivity contribution is 7.15. The van der Waals surface area contributed by atoms with E-state index in [1.165, 1.54) is 11.3 Å². The smallest absolute Gasteiger partial charge is 0.272 e. The lowest BCUT2D eigenvalue weighted by Crippen LogP contribution is -2.32. The molecule has 1 fully saturated rings. The Morgan fingerprint density at radius 2 is 2.35 bits per heavy atom. The van der Waals surface area contributed by atoms with E-state index in [9.17, 15) is 4.79 Å². The monoisotopic (exact) mass is 289 g/mol. The third kappa shape index (κ3) is 2.77. The molecule has 0 spiro atoms. The van der Waals surface area contributed by atoms with Crippen LogP contribution in [0.3, 0.4) is 0 Å². The van der Waals surface area contributed by atoms with Crippen molar-refractivity contribution in [1.29, 1.82) is 0 Å². The number of aryl methyl sites for hydroxylation is 1. The molecule has 20 heavy (non-hydrogen) atoms. The van der Waals surface area contributed by atoms with E-state index in [1.807, 2.05) is 24.0 Å². The average Bonchev–Trinajstić information content (AvgIpc) is 3.09. The normalized spacial score (nSPS) is 18.2. The Hall–Kier alpha value is -2.02. The average molecular weight is 289 g/mol. The topological polar surface area (TPSA) is 71.0 Å². The molecule has 3 heterocycles. The van der Waals surface area contributed by atoms with Crippen molar-refractivity contribution < 1.29 is 4.79 Å². The number of aromatic nitrogens is 3. The molecular formula is C13H15N5OS. The highest BCUT2D eigenvalue weighted by Crippen LogP contribution is 2.20. The summed E-state index contributed by atoms with van der Waals surface area (Å²) in [5.41, 5.74) is 0.500. The molecule has 2 aromatic rings. The number of hydrogen-bond acceptors (Lipinski definition) is 6. The Bertz CT molecular complexity index is 600. The number of anilines is 1. The van der Waals surface area contributed by atoms with Crippen LogP contribution in [0, 0.1) is 6.92 Å². The Kier molecular flexibility index (Phi) is 3.60. The van der Waals surface area contributed by atoms with Crippen molar-refractivity contribution in [3.63, 3.8) is 0 Å². The molecule has 1 aliphatic heterocycles. The fourth-order valence-electron chi connectivity index (χ4n) is 2.24. The first-order valence-corrected chi connectivity index (χ1v) is 7.31. The maximum atomic E-state index is 12.3. The Morgan fingerprint density at radius 3 is 3.05 bits per heavy atom. The zero-order valence-corrected chi connectivity index (χ0v) is 11.9. The van der Waals surface area contributed by atoms with Crippen LogP contribution >= 0.6 is 11.3 Å². The van der Waals surface area contributed by atoms with Crippen LogP contribution in [-0.4, -0.2) is 45.1 Å². The van der Waals surface area contributed by atoms with Gasteiger partial charge in [0.1, 0.15) is 10.7 Å². The summed E-state index contributed by atoms with van der Waals surface area (Å²) in [5.74, 6) is -0.0108. The lowest BCUT2D eigenvalue weighted by molar-refractivity contribution is 0.0786. The molecule has 1 saturated heterocycles. The molecule has 7 heteroatoms. The summed E-state index contributed by atoms with van der Waals surface area (Å²) in [6.45, 7) is 3.34. The summed E-state index contributed by atoms with van der Waals surface area (Å²) in [6, 6.07) is 5.62. The van der Waals surface area contributed by atoms with Gasteiger partial charge in [0.05, 0.1) is 0 Å². The van der Waals surface area contributed by atoms with Crippen molar-refractivity contribution in [2.75, 3.05) is 18.4 Å². The van der Waals surface area contributed by atoms with Crippen molar-refractivity contribution in [1.82, 2.24) is 20.1 Å². The molecule has 1 atom stereocenters. The summed E-state index contributed by atoms with van der Waals surface area (Å²) in [7, 11) is 0. The van der Waals surface area contributed by atoms with E-state index < -0.39 is 0 Å². The number of nitrogens with one attached hydrogen (secondary N) is 1. The molecule has 2 aromatic heterocycles. The first-order valence-electron chi connectivity index (χ1n) is 6.49. The van der Waals surface area contributed by atoms with Crippen molar-refractivity contribution in [2.24, 2.45) is 0 Å².